The highest BCUT2D eigenvalue weighted by molar-refractivity contribution is 6.30. The van der Waals surface area contributed by atoms with Gasteiger partial charge in [-0.15, -0.1) is 0 Å². The molecule has 0 saturated carbocycles. The maximum atomic E-state index is 12.5. The van der Waals surface area contributed by atoms with Crippen LogP contribution in [0.1, 0.15) is 35.3 Å². The minimum Gasteiger partial charge on any atom is -0.490 e. The van der Waals surface area contributed by atoms with E-state index in [-0.39, 0.29) is 17.3 Å². The van der Waals surface area contributed by atoms with E-state index in [1.165, 1.54) is 6.08 Å². The predicted octanol–water partition coefficient (Wildman–Crippen LogP) is 5.70. The lowest BCUT2D eigenvalue weighted by Crippen LogP contribution is -2.09. The molecule has 0 spiro atoms. The second kappa shape index (κ2) is 10.9. The van der Waals surface area contributed by atoms with Gasteiger partial charge in [-0.2, -0.15) is 0 Å². The van der Waals surface area contributed by atoms with Crippen LogP contribution in [-0.2, 0) is 9.53 Å². The molecule has 4 rings (SSSR count). The standard InChI is InChI=1S/C27H22ClNO6/c1-3-32-23-14-11-19(16-24(23)33-4-2)25-29-21(27(31)35-25)15-18-7-5-6-8-22(18)34-26(30)17-9-12-20(28)13-10-17/h5-16H,3-4H2,1-2H3/b21-15-. The molecule has 178 valence electrons. The molecule has 1 aliphatic rings. The van der Waals surface area contributed by atoms with Crippen molar-refractivity contribution < 1.29 is 28.5 Å². The average Bonchev–Trinajstić information content (AvgIpc) is 3.22. The number of carbonyl (C=O) groups is 2. The average molecular weight is 492 g/mol. The minimum absolute atomic E-state index is 0.0711. The van der Waals surface area contributed by atoms with Crippen LogP contribution in [0.3, 0.4) is 0 Å². The van der Waals surface area contributed by atoms with Gasteiger partial charge in [0.05, 0.1) is 18.8 Å². The number of esters is 2. The number of hydrogen-bond acceptors (Lipinski definition) is 7. The van der Waals surface area contributed by atoms with E-state index in [1.807, 2.05) is 13.8 Å². The molecule has 1 heterocycles. The van der Waals surface area contributed by atoms with Crippen molar-refractivity contribution in [3.63, 3.8) is 0 Å². The number of carbonyl (C=O) groups excluding carboxylic acids is 2. The van der Waals surface area contributed by atoms with Crippen LogP contribution in [0.2, 0.25) is 5.02 Å². The Hall–Kier alpha value is -4.10. The normalized spacial score (nSPS) is 13.9. The fourth-order valence-electron chi connectivity index (χ4n) is 3.30. The fraction of sp³-hybridized carbons (Fsp3) is 0.148. The van der Waals surface area contributed by atoms with Crippen molar-refractivity contribution in [3.05, 3.63) is 94.1 Å². The van der Waals surface area contributed by atoms with Crippen LogP contribution in [0.5, 0.6) is 17.2 Å². The third-order valence-corrected chi connectivity index (χ3v) is 5.16. The van der Waals surface area contributed by atoms with Crippen molar-refractivity contribution in [2.75, 3.05) is 13.2 Å². The molecule has 0 aliphatic carbocycles. The van der Waals surface area contributed by atoms with Crippen LogP contribution >= 0.6 is 11.6 Å². The SMILES string of the molecule is CCOc1ccc(C2=N/C(=C\c3ccccc3OC(=O)c3ccc(Cl)cc3)C(=O)O2)cc1OCC. The van der Waals surface area contributed by atoms with Crippen LogP contribution in [0.25, 0.3) is 6.08 Å². The summed E-state index contributed by atoms with van der Waals surface area (Å²) in [6.45, 7) is 4.69. The fourth-order valence-corrected chi connectivity index (χ4v) is 3.43. The third kappa shape index (κ3) is 5.70. The number of aliphatic imine (C=N–C) groups is 1. The summed E-state index contributed by atoms with van der Waals surface area (Å²) in [6, 6.07) is 18.4. The summed E-state index contributed by atoms with van der Waals surface area (Å²) in [5.74, 6) is 0.365. The highest BCUT2D eigenvalue weighted by atomic mass is 35.5. The Balaban J connectivity index is 1.60. The highest BCUT2D eigenvalue weighted by Gasteiger charge is 2.26. The first-order chi connectivity index (χ1) is 17.0. The number of benzene rings is 3. The Kier molecular flexibility index (Phi) is 7.48. The first-order valence-corrected chi connectivity index (χ1v) is 11.4. The van der Waals surface area contributed by atoms with Gasteiger partial charge in [-0.1, -0.05) is 29.8 Å². The Morgan fingerprint density at radius 3 is 2.40 bits per heavy atom. The van der Waals surface area contributed by atoms with Gasteiger partial charge < -0.3 is 18.9 Å². The summed E-state index contributed by atoms with van der Waals surface area (Å²) >= 11 is 5.88. The van der Waals surface area contributed by atoms with Crippen molar-refractivity contribution in [1.82, 2.24) is 0 Å². The largest absolute Gasteiger partial charge is 0.490 e. The molecule has 1 aliphatic heterocycles. The Morgan fingerprint density at radius 1 is 0.943 bits per heavy atom. The van der Waals surface area contributed by atoms with Gasteiger partial charge in [-0.25, -0.2) is 14.6 Å². The summed E-state index contributed by atoms with van der Waals surface area (Å²) in [5.41, 5.74) is 1.48. The van der Waals surface area contributed by atoms with E-state index in [0.717, 1.165) is 0 Å². The van der Waals surface area contributed by atoms with Crippen molar-refractivity contribution in [1.29, 1.82) is 0 Å². The van der Waals surface area contributed by atoms with Crippen LogP contribution in [-0.4, -0.2) is 31.1 Å². The van der Waals surface area contributed by atoms with Gasteiger partial charge in [0, 0.05) is 16.1 Å². The van der Waals surface area contributed by atoms with Crippen LogP contribution < -0.4 is 14.2 Å². The third-order valence-electron chi connectivity index (χ3n) is 4.90. The molecule has 0 radical (unpaired) electrons. The molecular weight excluding hydrogens is 470 g/mol. The van der Waals surface area contributed by atoms with Gasteiger partial charge in [0.2, 0.25) is 5.90 Å². The Labute approximate surface area is 207 Å². The first-order valence-electron chi connectivity index (χ1n) is 11.0. The molecule has 0 saturated heterocycles. The van der Waals surface area contributed by atoms with E-state index in [0.29, 0.717) is 46.4 Å². The number of halogens is 1. The van der Waals surface area contributed by atoms with E-state index in [2.05, 4.69) is 4.99 Å². The van der Waals surface area contributed by atoms with Gasteiger partial charge in [-0.3, -0.25) is 0 Å². The molecule has 3 aromatic carbocycles. The predicted molar refractivity (Wildman–Crippen MR) is 132 cm³/mol. The van der Waals surface area contributed by atoms with Crippen molar-refractivity contribution in [2.24, 2.45) is 4.99 Å². The smallest absolute Gasteiger partial charge is 0.363 e. The van der Waals surface area contributed by atoms with Crippen molar-refractivity contribution in [3.8, 4) is 17.2 Å². The summed E-state index contributed by atoms with van der Waals surface area (Å²) in [4.78, 5) is 29.5. The molecule has 3 aromatic rings. The highest BCUT2D eigenvalue weighted by Crippen LogP contribution is 2.31. The van der Waals surface area contributed by atoms with Crippen molar-refractivity contribution in [2.45, 2.75) is 13.8 Å². The summed E-state index contributed by atoms with van der Waals surface area (Å²) in [5, 5.41) is 0.515. The second-order valence-corrected chi connectivity index (χ2v) is 7.73. The molecule has 7 nitrogen and oxygen atoms in total. The lowest BCUT2D eigenvalue weighted by Gasteiger charge is -2.11. The Bertz CT molecular complexity index is 1310. The molecule has 8 heteroatoms. The van der Waals surface area contributed by atoms with Crippen LogP contribution in [0.15, 0.2) is 77.4 Å². The molecule has 0 N–H and O–H groups in total. The molecular formula is C27H22ClNO6. The maximum Gasteiger partial charge on any atom is 0.363 e. The van der Waals surface area contributed by atoms with E-state index in [9.17, 15) is 9.59 Å². The van der Waals surface area contributed by atoms with Crippen LogP contribution in [0, 0.1) is 0 Å². The zero-order valence-electron chi connectivity index (χ0n) is 19.1. The summed E-state index contributed by atoms with van der Waals surface area (Å²) < 4.78 is 22.2. The monoisotopic (exact) mass is 491 g/mol. The zero-order chi connectivity index (χ0) is 24.8. The number of nitrogens with zero attached hydrogens (tertiary/aromatic N) is 1. The molecule has 0 fully saturated rings. The quantitative estimate of drug-likeness (QED) is 0.228. The lowest BCUT2D eigenvalue weighted by atomic mass is 10.1. The zero-order valence-corrected chi connectivity index (χ0v) is 19.9. The van der Waals surface area contributed by atoms with Gasteiger partial charge in [0.15, 0.2) is 17.2 Å². The van der Waals surface area contributed by atoms with Gasteiger partial charge in [0.25, 0.3) is 0 Å². The number of rotatable bonds is 8. The molecule has 35 heavy (non-hydrogen) atoms. The van der Waals surface area contributed by atoms with Crippen LogP contribution in [0.4, 0.5) is 0 Å². The molecule has 0 unspecified atom stereocenters. The van der Waals surface area contributed by atoms with Gasteiger partial charge in [0.1, 0.15) is 5.75 Å². The number of cyclic esters (lactones) is 1. The minimum atomic E-state index is -0.620. The number of hydrogen-bond donors (Lipinski definition) is 0. The van der Waals surface area contributed by atoms with Gasteiger partial charge in [-0.05, 0) is 68.5 Å². The maximum absolute atomic E-state index is 12.5. The molecule has 0 atom stereocenters. The first kappa shape index (κ1) is 24.0. The summed E-state index contributed by atoms with van der Waals surface area (Å²) in [6.07, 6.45) is 1.51. The van der Waals surface area contributed by atoms with E-state index in [4.69, 9.17) is 30.5 Å². The lowest BCUT2D eigenvalue weighted by molar-refractivity contribution is -0.129. The van der Waals surface area contributed by atoms with Gasteiger partial charge >= 0.3 is 11.9 Å². The van der Waals surface area contributed by atoms with E-state index < -0.39 is 11.9 Å². The molecule has 0 amide bonds. The second-order valence-electron chi connectivity index (χ2n) is 7.30. The summed E-state index contributed by atoms with van der Waals surface area (Å²) in [7, 11) is 0. The molecule has 0 bridgehead atoms. The Morgan fingerprint density at radius 2 is 1.66 bits per heavy atom. The number of para-hydroxylation sites is 1. The molecule has 0 aromatic heterocycles. The van der Waals surface area contributed by atoms with Crippen molar-refractivity contribution >= 4 is 35.5 Å². The topological polar surface area (TPSA) is 83.4 Å². The van der Waals surface area contributed by atoms with E-state index >= 15 is 0 Å². The number of ether oxygens (including phenoxy) is 4. The van der Waals surface area contributed by atoms with E-state index in [1.54, 1.807) is 66.7 Å².